The molecule has 1 aromatic carbocycles. The number of H-pyrrole nitrogens is 1. The number of ether oxygens (including phenoxy) is 2. The minimum absolute atomic E-state index is 0.0467. The summed E-state index contributed by atoms with van der Waals surface area (Å²) in [5.74, 6) is -0.367. The van der Waals surface area contributed by atoms with Gasteiger partial charge in [-0.2, -0.15) is 0 Å². The zero-order valence-electron chi connectivity index (χ0n) is 15.3. The lowest BCUT2D eigenvalue weighted by Gasteiger charge is -2.23. The second kappa shape index (κ2) is 8.42. The van der Waals surface area contributed by atoms with Crippen LogP contribution in [0.4, 0.5) is 4.79 Å². The first kappa shape index (κ1) is 20.1. The van der Waals surface area contributed by atoms with Crippen molar-refractivity contribution in [1.29, 1.82) is 0 Å². The molecule has 0 unspecified atom stereocenters. The molecule has 3 N–H and O–H groups in total. The van der Waals surface area contributed by atoms with Gasteiger partial charge >= 0.3 is 6.09 Å². The first-order valence-corrected chi connectivity index (χ1v) is 8.59. The number of rotatable bonds is 6. The summed E-state index contributed by atoms with van der Waals surface area (Å²) in [6.07, 6.45) is 1.40. The van der Waals surface area contributed by atoms with E-state index >= 15 is 0 Å². The fourth-order valence-corrected chi connectivity index (χ4v) is 2.72. The van der Waals surface area contributed by atoms with Crippen LogP contribution >= 0.6 is 11.6 Å². The van der Waals surface area contributed by atoms with Crippen LogP contribution in [0.15, 0.2) is 24.4 Å². The molecule has 2 aromatic rings. The van der Waals surface area contributed by atoms with Gasteiger partial charge in [-0.15, -0.1) is 0 Å². The summed E-state index contributed by atoms with van der Waals surface area (Å²) in [6.45, 7) is 5.32. The average molecular weight is 382 g/mol. The third-order valence-electron chi connectivity index (χ3n) is 3.57. The van der Waals surface area contributed by atoms with Gasteiger partial charge in [0.2, 0.25) is 5.91 Å². The number of methoxy groups -OCH3 is 1. The van der Waals surface area contributed by atoms with E-state index in [-0.39, 0.29) is 19.1 Å². The summed E-state index contributed by atoms with van der Waals surface area (Å²) in [6, 6.07) is 4.71. The highest BCUT2D eigenvalue weighted by atomic mass is 35.5. The van der Waals surface area contributed by atoms with Crippen molar-refractivity contribution in [3.8, 4) is 0 Å². The quantitative estimate of drug-likeness (QED) is 0.671. The molecule has 26 heavy (non-hydrogen) atoms. The molecule has 142 valence electrons. The maximum atomic E-state index is 12.4. The van der Waals surface area contributed by atoms with Crippen molar-refractivity contribution in [2.24, 2.45) is 0 Å². The minimum Gasteiger partial charge on any atom is -0.444 e. The summed E-state index contributed by atoms with van der Waals surface area (Å²) in [7, 11) is 1.47. The Hall–Kier alpha value is -2.25. The predicted molar refractivity (Wildman–Crippen MR) is 100 cm³/mol. The maximum absolute atomic E-state index is 12.4. The highest BCUT2D eigenvalue weighted by Gasteiger charge is 2.25. The molecule has 1 atom stereocenters. The molecule has 2 amide bonds. The first-order chi connectivity index (χ1) is 12.2. The van der Waals surface area contributed by atoms with E-state index in [1.165, 1.54) is 7.11 Å². The van der Waals surface area contributed by atoms with E-state index in [0.717, 1.165) is 16.5 Å². The van der Waals surface area contributed by atoms with Crippen molar-refractivity contribution in [3.05, 3.63) is 35.0 Å². The second-order valence-corrected chi connectivity index (χ2v) is 7.26. The lowest BCUT2D eigenvalue weighted by molar-refractivity contribution is -0.124. The van der Waals surface area contributed by atoms with Crippen molar-refractivity contribution in [2.45, 2.75) is 38.8 Å². The maximum Gasteiger partial charge on any atom is 0.408 e. The molecule has 0 fully saturated rings. The van der Waals surface area contributed by atoms with Gasteiger partial charge in [-0.25, -0.2) is 4.79 Å². The summed E-state index contributed by atoms with van der Waals surface area (Å²) in [5, 5.41) is 6.72. The number of aromatic amines is 1. The van der Waals surface area contributed by atoms with Crippen LogP contribution in [0.2, 0.25) is 5.02 Å². The van der Waals surface area contributed by atoms with E-state index in [0.29, 0.717) is 5.02 Å². The first-order valence-electron chi connectivity index (χ1n) is 8.22. The highest BCUT2D eigenvalue weighted by Crippen LogP contribution is 2.26. The molecule has 0 aliphatic carbocycles. The largest absolute Gasteiger partial charge is 0.444 e. The van der Waals surface area contributed by atoms with Crippen LogP contribution in [-0.2, 0) is 20.7 Å². The Balaban J connectivity index is 2.21. The topological polar surface area (TPSA) is 92.5 Å². The van der Waals surface area contributed by atoms with Crippen molar-refractivity contribution in [1.82, 2.24) is 15.6 Å². The normalized spacial score (nSPS) is 12.7. The second-order valence-electron chi connectivity index (χ2n) is 6.85. The van der Waals surface area contributed by atoms with Gasteiger partial charge in [0, 0.05) is 25.1 Å². The van der Waals surface area contributed by atoms with Crippen LogP contribution < -0.4 is 10.6 Å². The molecular formula is C18H24ClN3O4. The van der Waals surface area contributed by atoms with Crippen LogP contribution in [0.3, 0.4) is 0 Å². The lowest BCUT2D eigenvalue weighted by Crippen LogP contribution is -2.49. The van der Waals surface area contributed by atoms with E-state index in [9.17, 15) is 9.59 Å². The van der Waals surface area contributed by atoms with Crippen molar-refractivity contribution < 1.29 is 19.1 Å². The minimum atomic E-state index is -0.821. The number of aromatic nitrogens is 1. The zero-order chi connectivity index (χ0) is 19.3. The van der Waals surface area contributed by atoms with Crippen LogP contribution in [0.5, 0.6) is 0 Å². The van der Waals surface area contributed by atoms with E-state index in [2.05, 4.69) is 15.6 Å². The third kappa shape index (κ3) is 5.37. The Labute approximate surface area is 157 Å². The molecular weight excluding hydrogens is 358 g/mol. The lowest BCUT2D eigenvalue weighted by atomic mass is 10.0. The van der Waals surface area contributed by atoms with E-state index < -0.39 is 17.7 Å². The summed E-state index contributed by atoms with van der Waals surface area (Å²) in [5.41, 5.74) is 0.986. The molecule has 0 saturated heterocycles. The third-order valence-corrected chi connectivity index (χ3v) is 3.89. The Bertz CT molecular complexity index is 782. The van der Waals surface area contributed by atoms with Gasteiger partial charge in [0.25, 0.3) is 0 Å². The number of carbonyl (C=O) groups is 2. The number of benzene rings is 1. The molecule has 1 aromatic heterocycles. The fraction of sp³-hybridized carbons (Fsp3) is 0.444. The number of alkyl carbamates (subject to hydrolysis) is 1. The number of para-hydroxylation sites is 1. The molecule has 0 aliphatic rings. The number of hydrogen-bond donors (Lipinski definition) is 3. The molecule has 0 bridgehead atoms. The van der Waals surface area contributed by atoms with Gasteiger partial charge in [0.05, 0.1) is 10.5 Å². The number of halogens is 1. The van der Waals surface area contributed by atoms with Gasteiger partial charge in [0.1, 0.15) is 18.4 Å². The molecule has 0 spiro atoms. The zero-order valence-corrected chi connectivity index (χ0v) is 16.1. The van der Waals surface area contributed by atoms with E-state index in [1.54, 1.807) is 33.0 Å². The number of hydrogen-bond acceptors (Lipinski definition) is 4. The van der Waals surface area contributed by atoms with Gasteiger partial charge in [0.15, 0.2) is 0 Å². The van der Waals surface area contributed by atoms with Crippen molar-refractivity contribution in [2.75, 3.05) is 13.8 Å². The molecule has 7 nitrogen and oxygen atoms in total. The molecule has 0 radical (unpaired) electrons. The molecule has 0 saturated carbocycles. The number of carbonyl (C=O) groups excluding carboxylic acids is 2. The SMILES string of the molecule is COCNC(=O)[C@@H](Cc1c[nH]c2c(Cl)cccc12)NC(=O)OC(C)(C)C. The monoisotopic (exact) mass is 381 g/mol. The van der Waals surface area contributed by atoms with Gasteiger partial charge in [-0.05, 0) is 32.4 Å². The highest BCUT2D eigenvalue weighted by molar-refractivity contribution is 6.35. The smallest absolute Gasteiger partial charge is 0.408 e. The summed E-state index contributed by atoms with van der Waals surface area (Å²) >= 11 is 6.18. The average Bonchev–Trinajstić information content (AvgIpc) is 2.94. The Morgan fingerprint density at radius 1 is 1.31 bits per heavy atom. The van der Waals surface area contributed by atoms with Crippen LogP contribution in [0, 0.1) is 0 Å². The predicted octanol–water partition coefficient (Wildman–Crippen LogP) is 2.98. The fourth-order valence-electron chi connectivity index (χ4n) is 2.49. The van der Waals surface area contributed by atoms with Gasteiger partial charge < -0.3 is 25.1 Å². The molecule has 8 heteroatoms. The summed E-state index contributed by atoms with van der Waals surface area (Å²) < 4.78 is 10.1. The van der Waals surface area contributed by atoms with Crippen molar-refractivity contribution in [3.63, 3.8) is 0 Å². The number of amides is 2. The Kier molecular flexibility index (Phi) is 6.50. The molecule has 1 heterocycles. The van der Waals surface area contributed by atoms with E-state index in [1.807, 2.05) is 12.1 Å². The standard InChI is InChI=1S/C18H24ClN3O4/c1-18(2,3)26-17(24)22-14(16(23)21-10-25-4)8-11-9-20-15-12(11)6-5-7-13(15)19/h5-7,9,14,20H,8,10H2,1-4H3,(H,21,23)(H,22,24)/t14-/m1/s1. The van der Waals surface area contributed by atoms with Crippen LogP contribution in [0.1, 0.15) is 26.3 Å². The number of fused-ring (bicyclic) bond motifs is 1. The Morgan fingerprint density at radius 2 is 2.04 bits per heavy atom. The molecule has 2 rings (SSSR count). The van der Waals surface area contributed by atoms with Crippen LogP contribution in [-0.4, -0.2) is 42.5 Å². The van der Waals surface area contributed by atoms with Crippen molar-refractivity contribution >= 4 is 34.5 Å². The number of nitrogens with one attached hydrogen (secondary N) is 3. The Morgan fingerprint density at radius 3 is 2.69 bits per heavy atom. The summed E-state index contributed by atoms with van der Waals surface area (Å²) in [4.78, 5) is 27.7. The molecule has 0 aliphatic heterocycles. The van der Waals surface area contributed by atoms with Gasteiger partial charge in [-0.1, -0.05) is 23.7 Å². The van der Waals surface area contributed by atoms with Gasteiger partial charge in [-0.3, -0.25) is 4.79 Å². The van der Waals surface area contributed by atoms with E-state index in [4.69, 9.17) is 21.1 Å². The van der Waals surface area contributed by atoms with Crippen LogP contribution in [0.25, 0.3) is 10.9 Å².